The van der Waals surface area contributed by atoms with E-state index in [0.29, 0.717) is 5.69 Å². The molecule has 2 aromatic carbocycles. The molecule has 0 aliphatic heterocycles. The average Bonchev–Trinajstić information content (AvgIpc) is 2.85. The molecule has 0 radical (unpaired) electrons. The van der Waals surface area contributed by atoms with Gasteiger partial charge in [-0.15, -0.1) is 0 Å². The number of fused-ring (bicyclic) bond motifs is 1. The summed E-state index contributed by atoms with van der Waals surface area (Å²) in [5.74, 6) is 0. The largest absolute Gasteiger partial charge is 0.359 e. The van der Waals surface area contributed by atoms with E-state index in [-0.39, 0.29) is 9.79 Å². The van der Waals surface area contributed by atoms with Crippen molar-refractivity contribution < 1.29 is 16.8 Å². The number of anilines is 1. The van der Waals surface area contributed by atoms with E-state index >= 15 is 0 Å². The van der Waals surface area contributed by atoms with Gasteiger partial charge in [-0.3, -0.25) is 4.72 Å². The Labute approximate surface area is 139 Å². The Morgan fingerprint density at radius 3 is 2.17 bits per heavy atom. The fourth-order valence-corrected chi connectivity index (χ4v) is 3.93. The van der Waals surface area contributed by atoms with Crippen molar-refractivity contribution in [2.45, 2.75) is 16.7 Å². The lowest BCUT2D eigenvalue weighted by molar-refractivity contribution is 0.595. The zero-order valence-corrected chi connectivity index (χ0v) is 14.3. The molecule has 7 nitrogen and oxygen atoms in total. The number of benzene rings is 2. The maximum absolute atomic E-state index is 12.4. The second-order valence-electron chi connectivity index (χ2n) is 5.38. The van der Waals surface area contributed by atoms with Crippen LogP contribution in [0.25, 0.3) is 10.9 Å². The third kappa shape index (κ3) is 3.28. The van der Waals surface area contributed by atoms with Crippen LogP contribution in [-0.2, 0) is 20.0 Å². The first kappa shape index (κ1) is 16.5. The number of hydrogen-bond acceptors (Lipinski definition) is 4. The molecule has 0 saturated heterocycles. The molecule has 1 aromatic heterocycles. The van der Waals surface area contributed by atoms with Crippen molar-refractivity contribution in [3.8, 4) is 0 Å². The highest BCUT2D eigenvalue weighted by molar-refractivity contribution is 7.92. The van der Waals surface area contributed by atoms with Crippen LogP contribution < -0.4 is 9.86 Å². The molecule has 0 atom stereocenters. The molecule has 0 saturated carbocycles. The highest BCUT2D eigenvalue weighted by Crippen LogP contribution is 2.22. The van der Waals surface area contributed by atoms with Crippen LogP contribution in [-0.4, -0.2) is 21.8 Å². The van der Waals surface area contributed by atoms with Crippen molar-refractivity contribution in [1.82, 2.24) is 4.98 Å². The Morgan fingerprint density at radius 2 is 1.54 bits per heavy atom. The number of primary sulfonamides is 1. The van der Waals surface area contributed by atoms with E-state index in [1.54, 1.807) is 18.2 Å². The summed E-state index contributed by atoms with van der Waals surface area (Å²) < 4.78 is 49.7. The summed E-state index contributed by atoms with van der Waals surface area (Å²) in [4.78, 5) is 2.95. The number of aromatic amines is 1. The number of H-pyrrole nitrogens is 1. The van der Waals surface area contributed by atoms with E-state index in [0.717, 1.165) is 28.7 Å². The van der Waals surface area contributed by atoms with Crippen LogP contribution in [0.4, 0.5) is 5.69 Å². The van der Waals surface area contributed by atoms with Crippen LogP contribution in [0.2, 0.25) is 0 Å². The molecule has 0 spiro atoms. The number of hydrogen-bond donors (Lipinski definition) is 3. The Hall–Kier alpha value is -2.36. The standard InChI is InChI=1S/C15H15N3O4S2/c1-10-8-11-9-12(2-7-15(11)17-10)18-24(21,22)14-5-3-13(4-6-14)23(16,19)20/h2-9,17-18H,1H3,(H2,16,19,20). The molecule has 3 rings (SSSR count). The van der Waals surface area contributed by atoms with Gasteiger partial charge < -0.3 is 4.98 Å². The first-order valence-electron chi connectivity index (χ1n) is 6.90. The molecule has 0 fully saturated rings. The van der Waals surface area contributed by atoms with Gasteiger partial charge in [-0.05, 0) is 55.5 Å². The topological polar surface area (TPSA) is 122 Å². The van der Waals surface area contributed by atoms with Crippen molar-refractivity contribution in [1.29, 1.82) is 0 Å². The summed E-state index contributed by atoms with van der Waals surface area (Å²) in [7, 11) is -7.70. The Bertz CT molecular complexity index is 1120. The summed E-state index contributed by atoms with van der Waals surface area (Å²) in [6.45, 7) is 1.91. The predicted molar refractivity (Wildman–Crippen MR) is 91.7 cm³/mol. The van der Waals surface area contributed by atoms with Crippen LogP contribution in [0.3, 0.4) is 0 Å². The van der Waals surface area contributed by atoms with Gasteiger partial charge in [0.05, 0.1) is 9.79 Å². The van der Waals surface area contributed by atoms with E-state index in [2.05, 4.69) is 9.71 Å². The van der Waals surface area contributed by atoms with Gasteiger partial charge in [0.2, 0.25) is 10.0 Å². The lowest BCUT2D eigenvalue weighted by Gasteiger charge is -2.08. The minimum Gasteiger partial charge on any atom is -0.359 e. The Morgan fingerprint density at radius 1 is 0.917 bits per heavy atom. The summed E-state index contributed by atoms with van der Waals surface area (Å²) >= 11 is 0. The molecule has 0 aliphatic rings. The predicted octanol–water partition coefficient (Wildman–Crippen LogP) is 1.92. The van der Waals surface area contributed by atoms with Crippen molar-refractivity contribution in [2.24, 2.45) is 5.14 Å². The second kappa shape index (κ2) is 5.62. The third-order valence-electron chi connectivity index (χ3n) is 3.47. The zero-order valence-electron chi connectivity index (χ0n) is 12.6. The fourth-order valence-electron chi connectivity index (χ4n) is 2.36. The molecule has 4 N–H and O–H groups in total. The molecule has 24 heavy (non-hydrogen) atoms. The van der Waals surface area contributed by atoms with E-state index in [4.69, 9.17) is 5.14 Å². The molecule has 0 amide bonds. The van der Waals surface area contributed by atoms with Crippen molar-refractivity contribution >= 4 is 36.6 Å². The van der Waals surface area contributed by atoms with Crippen LogP contribution in [0.1, 0.15) is 5.69 Å². The van der Waals surface area contributed by atoms with Crippen LogP contribution >= 0.6 is 0 Å². The maximum Gasteiger partial charge on any atom is 0.261 e. The van der Waals surface area contributed by atoms with Gasteiger partial charge in [0.15, 0.2) is 0 Å². The minimum absolute atomic E-state index is 0.0553. The van der Waals surface area contributed by atoms with Gasteiger partial charge in [-0.2, -0.15) is 0 Å². The molecule has 126 valence electrons. The number of aryl methyl sites for hydroxylation is 1. The highest BCUT2D eigenvalue weighted by Gasteiger charge is 2.16. The van der Waals surface area contributed by atoms with E-state index < -0.39 is 20.0 Å². The van der Waals surface area contributed by atoms with Crippen LogP contribution in [0.15, 0.2) is 58.3 Å². The minimum atomic E-state index is -3.86. The van der Waals surface area contributed by atoms with Gasteiger partial charge in [-0.1, -0.05) is 0 Å². The molecule has 9 heteroatoms. The SMILES string of the molecule is Cc1cc2cc(NS(=O)(=O)c3ccc(S(N)(=O)=O)cc3)ccc2[nH]1. The zero-order chi connectivity index (χ0) is 17.5. The molecule has 0 unspecified atom stereocenters. The second-order valence-corrected chi connectivity index (χ2v) is 8.62. The first-order valence-corrected chi connectivity index (χ1v) is 9.93. The van der Waals surface area contributed by atoms with Gasteiger partial charge in [-0.25, -0.2) is 22.0 Å². The quantitative estimate of drug-likeness (QED) is 0.654. The van der Waals surface area contributed by atoms with Gasteiger partial charge in [0.1, 0.15) is 0 Å². The Kier molecular flexibility index (Phi) is 3.86. The molecular formula is C15H15N3O4S2. The molecule has 1 heterocycles. The smallest absolute Gasteiger partial charge is 0.261 e. The fraction of sp³-hybridized carbons (Fsp3) is 0.0667. The number of rotatable bonds is 4. The summed E-state index contributed by atoms with van der Waals surface area (Å²) in [5, 5.41) is 5.88. The monoisotopic (exact) mass is 365 g/mol. The highest BCUT2D eigenvalue weighted by atomic mass is 32.2. The van der Waals surface area contributed by atoms with E-state index in [1.165, 1.54) is 12.1 Å². The van der Waals surface area contributed by atoms with Crippen molar-refractivity contribution in [3.05, 3.63) is 54.2 Å². The van der Waals surface area contributed by atoms with Crippen molar-refractivity contribution in [2.75, 3.05) is 4.72 Å². The van der Waals surface area contributed by atoms with Gasteiger partial charge >= 0.3 is 0 Å². The van der Waals surface area contributed by atoms with Gasteiger partial charge in [0.25, 0.3) is 10.0 Å². The molecule has 3 aromatic rings. The van der Waals surface area contributed by atoms with Crippen LogP contribution in [0.5, 0.6) is 0 Å². The summed E-state index contributed by atoms with van der Waals surface area (Å²) in [6, 6.07) is 11.8. The number of sulfonamides is 2. The lowest BCUT2D eigenvalue weighted by Crippen LogP contribution is -2.15. The van der Waals surface area contributed by atoms with E-state index in [1.807, 2.05) is 13.0 Å². The Balaban J connectivity index is 1.92. The first-order chi connectivity index (χ1) is 11.1. The van der Waals surface area contributed by atoms with E-state index in [9.17, 15) is 16.8 Å². The van der Waals surface area contributed by atoms with Crippen molar-refractivity contribution in [3.63, 3.8) is 0 Å². The normalized spacial score (nSPS) is 12.4. The molecular weight excluding hydrogens is 350 g/mol. The summed E-state index contributed by atoms with van der Waals surface area (Å²) in [6.07, 6.45) is 0. The van der Waals surface area contributed by atoms with Gasteiger partial charge in [0, 0.05) is 22.3 Å². The molecule has 0 aliphatic carbocycles. The summed E-state index contributed by atoms with van der Waals surface area (Å²) in [5.41, 5.74) is 2.30. The molecule has 0 bridgehead atoms. The number of aromatic nitrogens is 1. The third-order valence-corrected chi connectivity index (χ3v) is 5.80. The lowest BCUT2D eigenvalue weighted by atomic mass is 10.2. The number of nitrogens with one attached hydrogen (secondary N) is 2. The van der Waals surface area contributed by atoms with Crippen LogP contribution in [0, 0.1) is 6.92 Å². The number of nitrogens with two attached hydrogens (primary N) is 1. The maximum atomic E-state index is 12.4. The average molecular weight is 365 g/mol.